The maximum atomic E-state index is 13.6. The Labute approximate surface area is 264 Å². The molecule has 0 amide bonds. The first-order valence-electron chi connectivity index (χ1n) is 15.5. The van der Waals surface area contributed by atoms with Gasteiger partial charge >= 0.3 is 11.9 Å². The lowest BCUT2D eigenvalue weighted by atomic mass is 9.63. The van der Waals surface area contributed by atoms with Crippen molar-refractivity contribution in [2.75, 3.05) is 26.2 Å². The van der Waals surface area contributed by atoms with Crippen molar-refractivity contribution in [3.8, 4) is 0 Å². The highest BCUT2D eigenvalue weighted by atomic mass is 16.6. The molecule has 2 aliphatic heterocycles. The number of carbonyl (C=O) groups excluding carboxylic acids is 1. The van der Waals surface area contributed by atoms with E-state index in [0.717, 1.165) is 32.5 Å². The number of rotatable bonds is 10. The number of ether oxygens (including phenoxy) is 1. The Hall–Kier alpha value is -4.50. The van der Waals surface area contributed by atoms with E-state index in [1.165, 1.54) is 29.3 Å². The predicted octanol–water partition coefficient (Wildman–Crippen LogP) is 6.05. The van der Waals surface area contributed by atoms with Gasteiger partial charge in [0.05, 0.1) is 22.5 Å². The summed E-state index contributed by atoms with van der Waals surface area (Å²) < 4.78 is 5.77. The van der Waals surface area contributed by atoms with Gasteiger partial charge < -0.3 is 20.1 Å². The van der Waals surface area contributed by atoms with Crippen LogP contribution in [0.4, 0.5) is 5.69 Å². The zero-order valence-electron chi connectivity index (χ0n) is 26.1. The standard InChI is InChI=1S/C36H41N3O6/c1-25-31(32(35(3,34(41)42)26(2)37-25)27-12-10-17-30(24-27)39(43)44)33(40)45-23-11-20-38-21-18-36(19-22-38,28-13-6-4-7-14-28)29-15-8-5-9-16-29/h4-10,12-17,24,26,32,37H,11,18-23H2,1-3H3,(H,41,42). The van der Waals surface area contributed by atoms with Crippen molar-refractivity contribution in [2.24, 2.45) is 5.41 Å². The van der Waals surface area contributed by atoms with E-state index >= 15 is 0 Å². The van der Waals surface area contributed by atoms with Crippen molar-refractivity contribution in [1.82, 2.24) is 10.2 Å². The van der Waals surface area contributed by atoms with E-state index in [1.807, 2.05) is 12.1 Å². The van der Waals surface area contributed by atoms with E-state index < -0.39 is 34.2 Å². The van der Waals surface area contributed by atoms with Gasteiger partial charge in [-0.2, -0.15) is 0 Å². The van der Waals surface area contributed by atoms with Gasteiger partial charge in [-0.3, -0.25) is 14.9 Å². The molecule has 3 unspecified atom stereocenters. The number of nitro benzene ring substituents is 1. The Kier molecular flexibility index (Phi) is 9.39. The van der Waals surface area contributed by atoms with Gasteiger partial charge in [-0.25, -0.2) is 4.79 Å². The number of likely N-dealkylation sites (tertiary alicyclic amines) is 1. The number of carbonyl (C=O) groups is 2. The van der Waals surface area contributed by atoms with Gasteiger partial charge in [0.15, 0.2) is 0 Å². The van der Waals surface area contributed by atoms with Crippen LogP contribution in [0.1, 0.15) is 62.6 Å². The summed E-state index contributed by atoms with van der Waals surface area (Å²) in [7, 11) is 0. The average molecular weight is 612 g/mol. The van der Waals surface area contributed by atoms with Crippen LogP contribution in [0.15, 0.2) is 96.2 Å². The van der Waals surface area contributed by atoms with Crippen LogP contribution in [-0.2, 0) is 19.7 Å². The van der Waals surface area contributed by atoms with Crippen molar-refractivity contribution in [2.45, 2.75) is 57.4 Å². The molecule has 9 heteroatoms. The normalized spacial score (nSPS) is 23.2. The second-order valence-electron chi connectivity index (χ2n) is 12.4. The van der Waals surface area contributed by atoms with E-state index in [4.69, 9.17) is 4.74 Å². The molecule has 2 N–H and O–H groups in total. The molecule has 5 rings (SSSR count). The number of nitro groups is 1. The zero-order chi connectivity index (χ0) is 32.2. The fourth-order valence-electron chi connectivity index (χ4n) is 7.18. The molecular weight excluding hydrogens is 570 g/mol. The Balaban J connectivity index is 1.26. The summed E-state index contributed by atoms with van der Waals surface area (Å²) in [4.78, 5) is 39.7. The second kappa shape index (κ2) is 13.2. The highest BCUT2D eigenvalue weighted by Crippen LogP contribution is 2.49. The van der Waals surface area contributed by atoms with Crippen molar-refractivity contribution in [3.05, 3.63) is 123 Å². The van der Waals surface area contributed by atoms with E-state index in [1.54, 1.807) is 26.8 Å². The first-order valence-corrected chi connectivity index (χ1v) is 15.5. The lowest BCUT2D eigenvalue weighted by Gasteiger charge is -2.45. The summed E-state index contributed by atoms with van der Waals surface area (Å²) in [6.45, 7) is 7.80. The third kappa shape index (κ3) is 6.22. The first kappa shape index (κ1) is 31.9. The molecule has 3 aromatic rings. The van der Waals surface area contributed by atoms with Crippen molar-refractivity contribution < 1.29 is 24.4 Å². The summed E-state index contributed by atoms with van der Waals surface area (Å²) in [6.07, 6.45) is 2.59. The number of hydrogen-bond acceptors (Lipinski definition) is 7. The lowest BCUT2D eigenvalue weighted by molar-refractivity contribution is -0.384. The van der Waals surface area contributed by atoms with Crippen molar-refractivity contribution in [1.29, 1.82) is 0 Å². The molecule has 0 aromatic heterocycles. The van der Waals surface area contributed by atoms with Crippen LogP contribution >= 0.6 is 0 Å². The fraction of sp³-hybridized carbons (Fsp3) is 0.389. The van der Waals surface area contributed by atoms with Gasteiger partial charge in [-0.15, -0.1) is 0 Å². The molecule has 236 valence electrons. The summed E-state index contributed by atoms with van der Waals surface area (Å²) in [5.41, 5.74) is 2.08. The molecule has 9 nitrogen and oxygen atoms in total. The van der Waals surface area contributed by atoms with Gasteiger partial charge in [-0.1, -0.05) is 72.8 Å². The number of hydrogen-bond donors (Lipinski definition) is 2. The number of carboxylic acid groups (broad SMARTS) is 1. The van der Waals surface area contributed by atoms with Crippen LogP contribution in [0, 0.1) is 15.5 Å². The van der Waals surface area contributed by atoms with E-state index in [9.17, 15) is 24.8 Å². The Morgan fingerprint density at radius 3 is 2.16 bits per heavy atom. The number of piperidine rings is 1. The van der Waals surface area contributed by atoms with Gasteiger partial charge in [-0.05, 0) is 69.8 Å². The molecule has 0 aliphatic carbocycles. The molecule has 1 saturated heterocycles. The molecule has 2 aliphatic rings. The lowest BCUT2D eigenvalue weighted by Crippen LogP contribution is -2.55. The molecular formula is C36H41N3O6. The van der Waals surface area contributed by atoms with Gasteiger partial charge in [0.1, 0.15) is 0 Å². The molecule has 0 bridgehead atoms. The molecule has 3 atom stereocenters. The predicted molar refractivity (Wildman–Crippen MR) is 172 cm³/mol. The molecule has 0 radical (unpaired) electrons. The minimum Gasteiger partial charge on any atom is -0.481 e. The number of nitrogens with one attached hydrogen (secondary N) is 1. The molecule has 0 spiro atoms. The minimum absolute atomic E-state index is 0.0427. The van der Waals surface area contributed by atoms with Crippen LogP contribution in [0.5, 0.6) is 0 Å². The highest BCUT2D eigenvalue weighted by molar-refractivity contribution is 5.94. The molecule has 1 fully saturated rings. The minimum atomic E-state index is -1.46. The van der Waals surface area contributed by atoms with Crippen molar-refractivity contribution >= 4 is 17.6 Å². The van der Waals surface area contributed by atoms with Crippen LogP contribution in [0.2, 0.25) is 0 Å². The molecule has 2 heterocycles. The van der Waals surface area contributed by atoms with Gasteiger partial charge in [0, 0.05) is 41.7 Å². The number of non-ortho nitro benzene ring substituents is 1. The summed E-state index contributed by atoms with van der Waals surface area (Å²) in [6, 6.07) is 26.7. The smallest absolute Gasteiger partial charge is 0.336 e. The molecule has 45 heavy (non-hydrogen) atoms. The molecule has 0 saturated carbocycles. The highest BCUT2D eigenvalue weighted by Gasteiger charge is 2.53. The Morgan fingerprint density at radius 2 is 1.60 bits per heavy atom. The van der Waals surface area contributed by atoms with E-state index in [0.29, 0.717) is 17.7 Å². The van der Waals surface area contributed by atoms with E-state index in [2.05, 4.69) is 58.7 Å². The summed E-state index contributed by atoms with van der Waals surface area (Å²) >= 11 is 0. The second-order valence-corrected chi connectivity index (χ2v) is 12.4. The van der Waals surface area contributed by atoms with Crippen LogP contribution in [0.25, 0.3) is 0 Å². The number of carboxylic acids is 1. The summed E-state index contributed by atoms with van der Waals surface area (Å²) in [5, 5.41) is 25.0. The number of esters is 1. The fourth-order valence-corrected chi connectivity index (χ4v) is 7.18. The van der Waals surface area contributed by atoms with E-state index in [-0.39, 0.29) is 23.3 Å². The number of benzene rings is 3. The van der Waals surface area contributed by atoms with Crippen LogP contribution < -0.4 is 5.32 Å². The topological polar surface area (TPSA) is 122 Å². The zero-order valence-corrected chi connectivity index (χ0v) is 26.1. The number of aliphatic carboxylic acids is 1. The van der Waals surface area contributed by atoms with Crippen LogP contribution in [-0.4, -0.2) is 59.2 Å². The third-order valence-corrected chi connectivity index (χ3v) is 9.93. The Bertz CT molecular complexity index is 1520. The maximum Gasteiger partial charge on any atom is 0.336 e. The largest absolute Gasteiger partial charge is 0.481 e. The van der Waals surface area contributed by atoms with Crippen molar-refractivity contribution in [3.63, 3.8) is 0 Å². The number of allylic oxidation sites excluding steroid dienone is 1. The summed E-state index contributed by atoms with van der Waals surface area (Å²) in [5.74, 6) is -2.66. The van der Waals surface area contributed by atoms with Gasteiger partial charge in [0.25, 0.3) is 5.69 Å². The average Bonchev–Trinajstić information content (AvgIpc) is 3.05. The monoisotopic (exact) mass is 611 g/mol. The number of nitrogens with zero attached hydrogens (tertiary/aromatic N) is 2. The maximum absolute atomic E-state index is 13.6. The SMILES string of the molecule is CC1=C(C(=O)OCCCN2CCC(c3ccccc3)(c3ccccc3)CC2)C(c2cccc([N+](=O)[O-])c2)C(C)(C(=O)O)C(C)N1. The first-order chi connectivity index (χ1) is 21.6. The Morgan fingerprint density at radius 1 is 1.00 bits per heavy atom. The van der Waals surface area contributed by atoms with Gasteiger partial charge in [0.2, 0.25) is 0 Å². The van der Waals surface area contributed by atoms with Crippen LogP contribution in [0.3, 0.4) is 0 Å². The third-order valence-electron chi connectivity index (χ3n) is 9.93. The quantitative estimate of drug-likeness (QED) is 0.123. The molecule has 3 aromatic carbocycles.